The lowest BCUT2D eigenvalue weighted by Crippen LogP contribution is -2.09. The molecule has 6 nitrogen and oxygen atoms in total. The summed E-state index contributed by atoms with van der Waals surface area (Å²) >= 11 is 0. The van der Waals surface area contributed by atoms with Gasteiger partial charge in [0.2, 0.25) is 0 Å². The first-order valence-electron chi connectivity index (χ1n) is 5.27. The summed E-state index contributed by atoms with van der Waals surface area (Å²) in [5.41, 5.74) is 1.06. The molecule has 90 valence electrons. The molecule has 0 aliphatic rings. The summed E-state index contributed by atoms with van der Waals surface area (Å²) in [6.45, 7) is 4.37. The van der Waals surface area contributed by atoms with Crippen molar-refractivity contribution in [3.05, 3.63) is 11.4 Å². The Bertz CT molecular complexity index is 325. The third kappa shape index (κ3) is 3.39. The van der Waals surface area contributed by atoms with E-state index in [9.17, 15) is 4.79 Å². The summed E-state index contributed by atoms with van der Waals surface area (Å²) in [4.78, 5) is 10.7. The highest BCUT2D eigenvalue weighted by atomic mass is 16.5. The van der Waals surface area contributed by atoms with Crippen LogP contribution in [0.3, 0.4) is 0 Å². The molecule has 0 radical (unpaired) electrons. The van der Waals surface area contributed by atoms with Crippen molar-refractivity contribution in [2.75, 3.05) is 20.3 Å². The van der Waals surface area contributed by atoms with Crippen molar-refractivity contribution < 1.29 is 14.3 Å². The molecular weight excluding hydrogens is 210 g/mol. The molecule has 6 heteroatoms. The zero-order chi connectivity index (χ0) is 11.8. The molecule has 0 bridgehead atoms. The Hall–Kier alpha value is -1.27. The van der Waals surface area contributed by atoms with Crippen LogP contribution in [0.5, 0.6) is 0 Å². The number of hydrogen-bond donors (Lipinski definition) is 0. The number of carbonyl (C=O) groups excluding carboxylic acids is 1. The van der Waals surface area contributed by atoms with E-state index in [1.165, 1.54) is 0 Å². The molecule has 0 saturated carbocycles. The van der Waals surface area contributed by atoms with Crippen molar-refractivity contribution in [1.82, 2.24) is 15.0 Å². The van der Waals surface area contributed by atoms with Gasteiger partial charge in [-0.25, -0.2) is 4.68 Å². The van der Waals surface area contributed by atoms with Gasteiger partial charge in [-0.1, -0.05) is 5.21 Å². The van der Waals surface area contributed by atoms with E-state index in [0.717, 1.165) is 6.42 Å². The van der Waals surface area contributed by atoms with E-state index in [2.05, 4.69) is 10.3 Å². The van der Waals surface area contributed by atoms with Gasteiger partial charge in [-0.15, -0.1) is 5.10 Å². The topological polar surface area (TPSA) is 66.2 Å². The molecule has 0 aliphatic heterocycles. The Kier molecular flexibility index (Phi) is 5.66. The first-order valence-corrected chi connectivity index (χ1v) is 5.27. The first-order chi connectivity index (χ1) is 7.83. The number of carbonyl (C=O) groups is 1. The number of hydrogen-bond acceptors (Lipinski definition) is 5. The van der Waals surface area contributed by atoms with Crippen LogP contribution in [-0.2, 0) is 22.6 Å². The molecule has 0 N–H and O–H groups in total. The Labute approximate surface area is 94.5 Å². The van der Waals surface area contributed by atoms with E-state index in [4.69, 9.17) is 9.47 Å². The Balaban J connectivity index is 2.57. The minimum atomic E-state index is 0.343. The van der Waals surface area contributed by atoms with Gasteiger partial charge in [-0.05, 0) is 13.3 Å². The van der Waals surface area contributed by atoms with Crippen LogP contribution in [-0.4, -0.2) is 41.6 Å². The van der Waals surface area contributed by atoms with Crippen molar-refractivity contribution >= 4 is 6.29 Å². The van der Waals surface area contributed by atoms with Crippen LogP contribution < -0.4 is 0 Å². The maximum atomic E-state index is 10.7. The van der Waals surface area contributed by atoms with E-state index in [1.54, 1.807) is 11.8 Å². The molecule has 0 aliphatic carbocycles. The Morgan fingerprint density at radius 1 is 1.50 bits per heavy atom. The zero-order valence-corrected chi connectivity index (χ0v) is 9.68. The second kappa shape index (κ2) is 7.08. The predicted octanol–water partition coefficient (Wildman–Crippen LogP) is 0.664. The molecule has 16 heavy (non-hydrogen) atoms. The van der Waals surface area contributed by atoms with E-state index in [0.29, 0.717) is 44.0 Å². The average Bonchev–Trinajstić information content (AvgIpc) is 2.68. The molecule has 0 fully saturated rings. The summed E-state index contributed by atoms with van der Waals surface area (Å²) in [7, 11) is 1.58. The molecule has 0 spiro atoms. The molecule has 1 aromatic heterocycles. The summed E-state index contributed by atoms with van der Waals surface area (Å²) in [5, 5.41) is 7.68. The third-order valence-electron chi connectivity index (χ3n) is 2.12. The average molecular weight is 227 g/mol. The van der Waals surface area contributed by atoms with Gasteiger partial charge in [0.05, 0.1) is 12.3 Å². The minimum Gasteiger partial charge on any atom is -0.382 e. The van der Waals surface area contributed by atoms with Gasteiger partial charge in [0, 0.05) is 26.9 Å². The second-order valence-electron chi connectivity index (χ2n) is 3.25. The fourth-order valence-electron chi connectivity index (χ4n) is 1.36. The molecule has 0 unspecified atom stereocenters. The molecular formula is C10H17N3O3. The van der Waals surface area contributed by atoms with Gasteiger partial charge < -0.3 is 9.47 Å². The fourth-order valence-corrected chi connectivity index (χ4v) is 1.36. The smallest absolute Gasteiger partial charge is 0.172 e. The van der Waals surface area contributed by atoms with Gasteiger partial charge in [-0.2, -0.15) is 0 Å². The first kappa shape index (κ1) is 12.8. The normalized spacial score (nSPS) is 10.6. The van der Waals surface area contributed by atoms with Gasteiger partial charge in [0.1, 0.15) is 0 Å². The molecule has 0 atom stereocenters. The lowest BCUT2D eigenvalue weighted by atomic mass is 10.3. The second-order valence-corrected chi connectivity index (χ2v) is 3.25. The monoisotopic (exact) mass is 227 g/mol. The minimum absolute atomic E-state index is 0.343. The number of aromatic nitrogens is 3. The molecule has 0 saturated heterocycles. The van der Waals surface area contributed by atoms with Crippen molar-refractivity contribution in [2.24, 2.45) is 0 Å². The van der Waals surface area contributed by atoms with Crippen molar-refractivity contribution in [3.63, 3.8) is 0 Å². The lowest BCUT2D eigenvalue weighted by molar-refractivity contribution is 0.111. The van der Waals surface area contributed by atoms with Crippen LogP contribution in [0.25, 0.3) is 0 Å². The van der Waals surface area contributed by atoms with Gasteiger partial charge in [0.25, 0.3) is 0 Å². The van der Waals surface area contributed by atoms with E-state index in [1.807, 2.05) is 6.92 Å². The van der Waals surface area contributed by atoms with Crippen LogP contribution in [0.1, 0.15) is 29.5 Å². The van der Waals surface area contributed by atoms with Crippen molar-refractivity contribution in [3.8, 4) is 0 Å². The number of aryl methyl sites for hydroxylation is 1. The largest absolute Gasteiger partial charge is 0.382 e. The maximum Gasteiger partial charge on any atom is 0.172 e. The quantitative estimate of drug-likeness (QED) is 0.482. The Morgan fingerprint density at radius 2 is 2.31 bits per heavy atom. The SMILES string of the molecule is CCOCCCn1nnc(C=O)c1COC. The van der Waals surface area contributed by atoms with Crippen LogP contribution in [0.2, 0.25) is 0 Å². The summed E-state index contributed by atoms with van der Waals surface area (Å²) in [6.07, 6.45) is 1.53. The summed E-state index contributed by atoms with van der Waals surface area (Å²) in [5.74, 6) is 0. The van der Waals surface area contributed by atoms with Gasteiger partial charge in [0.15, 0.2) is 12.0 Å². The van der Waals surface area contributed by atoms with E-state index in [-0.39, 0.29) is 0 Å². The van der Waals surface area contributed by atoms with Crippen LogP contribution in [0, 0.1) is 0 Å². The van der Waals surface area contributed by atoms with E-state index >= 15 is 0 Å². The number of rotatable bonds is 8. The highest BCUT2D eigenvalue weighted by Crippen LogP contribution is 2.05. The van der Waals surface area contributed by atoms with Crippen LogP contribution in [0.4, 0.5) is 0 Å². The predicted molar refractivity (Wildman–Crippen MR) is 57.2 cm³/mol. The van der Waals surface area contributed by atoms with Crippen LogP contribution >= 0.6 is 0 Å². The molecule has 0 aromatic carbocycles. The summed E-state index contributed by atoms with van der Waals surface area (Å²) in [6, 6.07) is 0. The van der Waals surface area contributed by atoms with Gasteiger partial charge >= 0.3 is 0 Å². The van der Waals surface area contributed by atoms with E-state index < -0.39 is 0 Å². The highest BCUT2D eigenvalue weighted by molar-refractivity contribution is 5.73. The number of aldehydes is 1. The molecule has 0 amide bonds. The number of ether oxygens (including phenoxy) is 2. The van der Waals surface area contributed by atoms with Crippen molar-refractivity contribution in [1.29, 1.82) is 0 Å². The lowest BCUT2D eigenvalue weighted by Gasteiger charge is -2.05. The maximum absolute atomic E-state index is 10.7. The highest BCUT2D eigenvalue weighted by Gasteiger charge is 2.11. The standard InChI is InChI=1S/C10H17N3O3/c1-3-16-6-4-5-13-10(8-15-2)9(7-14)11-12-13/h7H,3-6,8H2,1-2H3. The zero-order valence-electron chi connectivity index (χ0n) is 9.68. The molecule has 1 aromatic rings. The van der Waals surface area contributed by atoms with Gasteiger partial charge in [-0.3, -0.25) is 4.79 Å². The number of methoxy groups -OCH3 is 1. The van der Waals surface area contributed by atoms with Crippen LogP contribution in [0.15, 0.2) is 0 Å². The molecule has 1 rings (SSSR count). The third-order valence-corrected chi connectivity index (χ3v) is 2.12. The number of nitrogens with zero attached hydrogens (tertiary/aromatic N) is 3. The Morgan fingerprint density at radius 3 is 2.94 bits per heavy atom. The molecule has 1 heterocycles. The van der Waals surface area contributed by atoms with Crippen molar-refractivity contribution in [2.45, 2.75) is 26.5 Å². The summed E-state index contributed by atoms with van der Waals surface area (Å²) < 4.78 is 11.9. The fraction of sp³-hybridized carbons (Fsp3) is 0.700.